The summed E-state index contributed by atoms with van der Waals surface area (Å²) in [5.41, 5.74) is 0.824. The van der Waals surface area contributed by atoms with E-state index in [-0.39, 0.29) is 11.2 Å². The van der Waals surface area contributed by atoms with Crippen LogP contribution in [-0.2, 0) is 10.0 Å². The van der Waals surface area contributed by atoms with Gasteiger partial charge in [-0.15, -0.1) is 0 Å². The van der Waals surface area contributed by atoms with Crippen LogP contribution in [0.15, 0.2) is 63.8 Å². The van der Waals surface area contributed by atoms with Crippen LogP contribution in [0.25, 0.3) is 11.0 Å². The Labute approximate surface area is 143 Å². The first-order valence-corrected chi connectivity index (χ1v) is 9.13. The van der Waals surface area contributed by atoms with Crippen LogP contribution in [0.2, 0.25) is 0 Å². The molecule has 0 aliphatic carbocycles. The molecule has 3 rings (SSSR count). The van der Waals surface area contributed by atoms with Gasteiger partial charge in [0.05, 0.1) is 11.6 Å². The molecule has 2 aromatic carbocycles. The number of sulfonamides is 1. The summed E-state index contributed by atoms with van der Waals surface area (Å²) in [6.45, 7) is 0. The van der Waals surface area contributed by atoms with Crippen molar-refractivity contribution in [2.24, 2.45) is 0 Å². The van der Waals surface area contributed by atoms with Crippen molar-refractivity contribution >= 4 is 38.3 Å². The normalized spacial score (nSPS) is 11.2. The van der Waals surface area contributed by atoms with Gasteiger partial charge in [-0.25, -0.2) is 8.42 Å². The van der Waals surface area contributed by atoms with E-state index in [4.69, 9.17) is 4.42 Å². The molecule has 7 nitrogen and oxygen atoms in total. The maximum absolute atomic E-state index is 12.3. The van der Waals surface area contributed by atoms with Crippen LogP contribution >= 0.6 is 0 Å². The van der Waals surface area contributed by atoms with E-state index in [1.54, 1.807) is 24.3 Å². The second kappa shape index (κ2) is 6.40. The number of anilines is 2. The lowest BCUT2D eigenvalue weighted by molar-refractivity contribution is 0.0997. The molecular formula is C17H14N2O5S. The molecule has 0 atom stereocenters. The number of fused-ring (bicyclic) bond motifs is 1. The quantitative estimate of drug-likeness (QED) is 0.745. The van der Waals surface area contributed by atoms with E-state index in [1.807, 2.05) is 0 Å². The lowest BCUT2D eigenvalue weighted by Gasteiger charge is -2.07. The Balaban J connectivity index is 1.81. The zero-order valence-corrected chi connectivity index (χ0v) is 14.0. The number of carbonyl (C=O) groups is 1. The Kier molecular flexibility index (Phi) is 4.28. The number of rotatable bonds is 4. The molecule has 0 bridgehead atoms. The van der Waals surface area contributed by atoms with Gasteiger partial charge in [0.1, 0.15) is 5.58 Å². The molecule has 0 aliphatic rings. The molecule has 0 radical (unpaired) electrons. The van der Waals surface area contributed by atoms with Gasteiger partial charge in [-0.2, -0.15) is 0 Å². The fourth-order valence-electron chi connectivity index (χ4n) is 2.24. The lowest BCUT2D eigenvalue weighted by Crippen LogP contribution is -2.15. The minimum absolute atomic E-state index is 0.109. The molecule has 2 N–H and O–H groups in total. The van der Waals surface area contributed by atoms with Crippen molar-refractivity contribution in [1.29, 1.82) is 0 Å². The van der Waals surface area contributed by atoms with Crippen molar-refractivity contribution in [2.45, 2.75) is 0 Å². The third-order valence-corrected chi connectivity index (χ3v) is 3.91. The van der Waals surface area contributed by atoms with Crippen molar-refractivity contribution in [2.75, 3.05) is 16.3 Å². The third-order valence-electron chi connectivity index (χ3n) is 3.30. The van der Waals surface area contributed by atoms with E-state index in [2.05, 4.69) is 10.0 Å². The average Bonchev–Trinajstić information content (AvgIpc) is 2.55. The Morgan fingerprint density at radius 2 is 1.64 bits per heavy atom. The minimum Gasteiger partial charge on any atom is -0.451 e. The summed E-state index contributed by atoms with van der Waals surface area (Å²) in [6.07, 6.45) is 1.05. The molecule has 1 aromatic heterocycles. The molecule has 8 heteroatoms. The largest absolute Gasteiger partial charge is 0.451 e. The van der Waals surface area contributed by atoms with E-state index < -0.39 is 15.9 Å². The van der Waals surface area contributed by atoms with Crippen molar-refractivity contribution in [3.8, 4) is 0 Å². The SMILES string of the molecule is CS(=O)(=O)Nc1ccc(NC(=O)c2cc(=O)c3ccccc3o2)cc1. The number of hydrogen-bond acceptors (Lipinski definition) is 5. The molecule has 128 valence electrons. The summed E-state index contributed by atoms with van der Waals surface area (Å²) >= 11 is 0. The van der Waals surface area contributed by atoms with Crippen LogP contribution < -0.4 is 15.5 Å². The highest BCUT2D eigenvalue weighted by Crippen LogP contribution is 2.17. The topological polar surface area (TPSA) is 105 Å². The standard InChI is InChI=1S/C17H14N2O5S/c1-25(22,23)19-12-8-6-11(7-9-12)18-17(21)16-10-14(20)13-4-2-3-5-15(13)24-16/h2-10,19H,1H3,(H,18,21). The van der Waals surface area contributed by atoms with Crippen LogP contribution in [0, 0.1) is 0 Å². The van der Waals surface area contributed by atoms with Gasteiger partial charge in [-0.1, -0.05) is 12.1 Å². The molecule has 0 fully saturated rings. The highest BCUT2D eigenvalue weighted by molar-refractivity contribution is 7.92. The van der Waals surface area contributed by atoms with Crippen LogP contribution in [0.1, 0.15) is 10.6 Å². The van der Waals surface area contributed by atoms with E-state index >= 15 is 0 Å². The van der Waals surface area contributed by atoms with Crippen molar-refractivity contribution in [3.63, 3.8) is 0 Å². The summed E-state index contributed by atoms with van der Waals surface area (Å²) in [7, 11) is -3.37. The zero-order chi connectivity index (χ0) is 18.0. The van der Waals surface area contributed by atoms with Crippen LogP contribution in [-0.4, -0.2) is 20.6 Å². The highest BCUT2D eigenvalue weighted by atomic mass is 32.2. The lowest BCUT2D eigenvalue weighted by atomic mass is 10.2. The van der Waals surface area contributed by atoms with Gasteiger partial charge in [0.2, 0.25) is 10.0 Å². The minimum atomic E-state index is -3.37. The molecule has 0 unspecified atom stereocenters. The second-order valence-electron chi connectivity index (χ2n) is 5.38. The second-order valence-corrected chi connectivity index (χ2v) is 7.13. The number of amides is 1. The molecule has 0 saturated heterocycles. The average molecular weight is 358 g/mol. The summed E-state index contributed by atoms with van der Waals surface area (Å²) in [5, 5.41) is 2.99. The number of carbonyl (C=O) groups excluding carboxylic acids is 1. The molecule has 3 aromatic rings. The van der Waals surface area contributed by atoms with E-state index in [1.165, 1.54) is 24.3 Å². The van der Waals surface area contributed by atoms with Crippen molar-refractivity contribution in [3.05, 3.63) is 70.6 Å². The molecule has 0 aliphatic heterocycles. The summed E-state index contributed by atoms with van der Waals surface area (Å²) in [4.78, 5) is 24.3. The van der Waals surface area contributed by atoms with Gasteiger partial charge in [0.25, 0.3) is 5.91 Å². The predicted octanol–water partition coefficient (Wildman–Crippen LogP) is 2.42. The van der Waals surface area contributed by atoms with E-state index in [9.17, 15) is 18.0 Å². The fraction of sp³-hybridized carbons (Fsp3) is 0.0588. The summed E-state index contributed by atoms with van der Waals surface area (Å²) in [5.74, 6) is -0.686. The van der Waals surface area contributed by atoms with Gasteiger partial charge in [0.15, 0.2) is 11.2 Å². The Bertz CT molecular complexity index is 1100. The van der Waals surface area contributed by atoms with Gasteiger partial charge in [-0.3, -0.25) is 14.3 Å². The van der Waals surface area contributed by atoms with Gasteiger partial charge >= 0.3 is 0 Å². The molecule has 25 heavy (non-hydrogen) atoms. The van der Waals surface area contributed by atoms with Crippen molar-refractivity contribution in [1.82, 2.24) is 0 Å². The summed E-state index contributed by atoms with van der Waals surface area (Å²) < 4.78 is 30.1. The third kappa shape index (κ3) is 4.04. The van der Waals surface area contributed by atoms with Crippen LogP contribution in [0.5, 0.6) is 0 Å². The van der Waals surface area contributed by atoms with Crippen molar-refractivity contribution < 1.29 is 17.6 Å². The van der Waals surface area contributed by atoms with Crippen LogP contribution in [0.4, 0.5) is 11.4 Å². The molecule has 1 amide bonds. The van der Waals surface area contributed by atoms with Gasteiger partial charge in [0, 0.05) is 17.4 Å². The Morgan fingerprint density at radius 3 is 2.32 bits per heavy atom. The first-order valence-electron chi connectivity index (χ1n) is 7.24. The van der Waals surface area contributed by atoms with Crippen LogP contribution in [0.3, 0.4) is 0 Å². The monoisotopic (exact) mass is 358 g/mol. The Morgan fingerprint density at radius 1 is 1.00 bits per heavy atom. The first-order chi connectivity index (χ1) is 11.8. The predicted molar refractivity (Wildman–Crippen MR) is 95.3 cm³/mol. The maximum atomic E-state index is 12.3. The Hall–Kier alpha value is -3.13. The maximum Gasteiger partial charge on any atom is 0.291 e. The number of nitrogens with one attached hydrogen (secondary N) is 2. The van der Waals surface area contributed by atoms with Gasteiger partial charge in [-0.05, 0) is 36.4 Å². The smallest absolute Gasteiger partial charge is 0.291 e. The number of para-hydroxylation sites is 1. The number of hydrogen-bond donors (Lipinski definition) is 2. The van der Waals surface area contributed by atoms with E-state index in [0.29, 0.717) is 22.3 Å². The zero-order valence-electron chi connectivity index (χ0n) is 13.1. The summed E-state index contributed by atoms with van der Waals surface area (Å²) in [6, 6.07) is 13.9. The van der Waals surface area contributed by atoms with Gasteiger partial charge < -0.3 is 9.73 Å². The molecular weight excluding hydrogens is 344 g/mol. The first kappa shape index (κ1) is 16.7. The fourth-order valence-corrected chi connectivity index (χ4v) is 2.81. The molecule has 0 saturated carbocycles. The van der Waals surface area contributed by atoms with E-state index in [0.717, 1.165) is 12.3 Å². The molecule has 0 spiro atoms. The molecule has 1 heterocycles. The number of benzene rings is 2. The highest BCUT2D eigenvalue weighted by Gasteiger charge is 2.12.